The van der Waals surface area contributed by atoms with Gasteiger partial charge in [0.15, 0.2) is 0 Å². The third-order valence-corrected chi connectivity index (χ3v) is 3.57. The lowest BCUT2D eigenvalue weighted by molar-refractivity contribution is -0.126. The zero-order valence-corrected chi connectivity index (χ0v) is 12.1. The molecule has 1 aliphatic heterocycles. The van der Waals surface area contributed by atoms with Crippen molar-refractivity contribution in [1.82, 2.24) is 20.5 Å². The van der Waals surface area contributed by atoms with E-state index >= 15 is 0 Å². The van der Waals surface area contributed by atoms with Crippen LogP contribution in [0.3, 0.4) is 0 Å². The first-order valence-electron chi connectivity index (χ1n) is 7.08. The van der Waals surface area contributed by atoms with Gasteiger partial charge in [0.05, 0.1) is 12.6 Å². The van der Waals surface area contributed by atoms with Crippen LogP contribution < -0.4 is 10.1 Å². The smallest absolute Gasteiger partial charge is 0.278 e. The van der Waals surface area contributed by atoms with Gasteiger partial charge in [-0.05, 0) is 38.5 Å². The van der Waals surface area contributed by atoms with E-state index in [1.54, 1.807) is 6.92 Å². The number of hydrogen-bond acceptors (Lipinski definition) is 6. The molecule has 1 amide bonds. The van der Waals surface area contributed by atoms with Gasteiger partial charge in [-0.2, -0.15) is 0 Å². The second kappa shape index (κ2) is 7.23. The lowest BCUT2D eigenvalue weighted by atomic mass is 10.1. The van der Waals surface area contributed by atoms with Gasteiger partial charge in [0.1, 0.15) is 12.3 Å². The van der Waals surface area contributed by atoms with Crippen LogP contribution in [0.1, 0.15) is 31.4 Å². The molecule has 0 saturated carbocycles. The highest BCUT2D eigenvalue weighted by atomic mass is 16.6. The molecule has 7 heteroatoms. The minimum Gasteiger partial charge on any atom is -0.472 e. The van der Waals surface area contributed by atoms with Crippen molar-refractivity contribution in [2.45, 2.75) is 38.6 Å². The summed E-state index contributed by atoms with van der Waals surface area (Å²) < 4.78 is 9.90. The Bertz CT molecular complexity index is 435. The van der Waals surface area contributed by atoms with E-state index in [0.29, 0.717) is 24.7 Å². The highest BCUT2D eigenvalue weighted by Crippen LogP contribution is 2.15. The number of nitrogens with zero attached hydrogens (tertiary/aromatic N) is 3. The lowest BCUT2D eigenvalue weighted by Gasteiger charge is -2.24. The van der Waals surface area contributed by atoms with E-state index in [1.807, 2.05) is 7.05 Å². The van der Waals surface area contributed by atoms with Gasteiger partial charge in [-0.3, -0.25) is 9.69 Å². The Kier molecular flexibility index (Phi) is 5.34. The fraction of sp³-hybridized carbons (Fsp3) is 0.769. The van der Waals surface area contributed by atoms with Gasteiger partial charge in [-0.1, -0.05) is 18.0 Å². The topological polar surface area (TPSA) is 80.5 Å². The van der Waals surface area contributed by atoms with Crippen LogP contribution in [0.4, 0.5) is 0 Å². The second-order valence-corrected chi connectivity index (χ2v) is 5.14. The molecule has 2 rings (SSSR count). The molecule has 0 aromatic carbocycles. The Balaban J connectivity index is 1.70. The summed E-state index contributed by atoms with van der Waals surface area (Å²) in [5.74, 6) is 0.457. The average Bonchev–Trinajstić information content (AvgIpc) is 2.70. The van der Waals surface area contributed by atoms with E-state index in [9.17, 15) is 4.79 Å². The minimum atomic E-state index is -0.0204. The first-order valence-corrected chi connectivity index (χ1v) is 7.08. The van der Waals surface area contributed by atoms with Crippen molar-refractivity contribution in [2.24, 2.45) is 0 Å². The molecule has 0 aliphatic carbocycles. The van der Waals surface area contributed by atoms with Gasteiger partial charge < -0.3 is 10.1 Å². The number of carbonyl (C=O) groups excluding carboxylic acids is 1. The molecule has 1 atom stereocenters. The summed E-state index contributed by atoms with van der Waals surface area (Å²) in [4.78, 5) is 14.3. The van der Waals surface area contributed by atoms with E-state index < -0.39 is 0 Å². The highest BCUT2D eigenvalue weighted by molar-refractivity contribution is 5.81. The summed E-state index contributed by atoms with van der Waals surface area (Å²) in [6.07, 6.45) is 4.41. The maximum atomic E-state index is 12.1. The quantitative estimate of drug-likeness (QED) is 0.803. The van der Waals surface area contributed by atoms with Crippen LogP contribution in [-0.4, -0.2) is 53.9 Å². The minimum absolute atomic E-state index is 0.0204. The van der Waals surface area contributed by atoms with Crippen molar-refractivity contribution >= 4 is 5.91 Å². The molecule has 1 N–H and O–H groups in total. The van der Waals surface area contributed by atoms with Crippen molar-refractivity contribution in [2.75, 3.05) is 26.7 Å². The highest BCUT2D eigenvalue weighted by Gasteiger charge is 2.24. The molecule has 7 nitrogen and oxygen atoms in total. The molecule has 1 saturated heterocycles. The van der Waals surface area contributed by atoms with Crippen molar-refractivity contribution in [3.05, 3.63) is 5.69 Å². The fourth-order valence-corrected chi connectivity index (χ4v) is 2.38. The van der Waals surface area contributed by atoms with Gasteiger partial charge in [-0.15, -0.1) is 0 Å². The predicted molar refractivity (Wildman–Crippen MR) is 72.4 cm³/mol. The number of aryl methyl sites for hydroxylation is 1. The SMILES string of the molecule is Cc1nonc1OCCNC(=O)[C@H]1CCCCCN1C. The number of ether oxygens (including phenoxy) is 1. The number of rotatable bonds is 5. The molecule has 1 aromatic rings. The second-order valence-electron chi connectivity index (χ2n) is 5.14. The van der Waals surface area contributed by atoms with E-state index in [-0.39, 0.29) is 11.9 Å². The molecule has 20 heavy (non-hydrogen) atoms. The van der Waals surface area contributed by atoms with Gasteiger partial charge in [-0.25, -0.2) is 4.63 Å². The number of hydrogen-bond donors (Lipinski definition) is 1. The van der Waals surface area contributed by atoms with E-state index in [2.05, 4.69) is 25.2 Å². The molecule has 2 heterocycles. The van der Waals surface area contributed by atoms with Crippen molar-refractivity contribution in [3.63, 3.8) is 0 Å². The standard InChI is InChI=1S/C13H22N4O3/c1-10-13(16-20-15-10)19-9-7-14-12(18)11-6-4-3-5-8-17(11)2/h11H,3-9H2,1-2H3,(H,14,18)/t11-/m1/s1. The Morgan fingerprint density at radius 3 is 3.05 bits per heavy atom. The van der Waals surface area contributed by atoms with Crippen LogP contribution >= 0.6 is 0 Å². The zero-order valence-electron chi connectivity index (χ0n) is 12.1. The number of likely N-dealkylation sites (N-methyl/N-ethyl adjacent to an activating group) is 1. The van der Waals surface area contributed by atoms with Crippen molar-refractivity contribution in [1.29, 1.82) is 0 Å². The first kappa shape index (κ1) is 14.8. The first-order chi connectivity index (χ1) is 9.68. The summed E-state index contributed by atoms with van der Waals surface area (Å²) in [5.41, 5.74) is 0.611. The summed E-state index contributed by atoms with van der Waals surface area (Å²) in [5, 5.41) is 10.1. The van der Waals surface area contributed by atoms with E-state index in [4.69, 9.17) is 4.74 Å². The molecular weight excluding hydrogens is 260 g/mol. The van der Waals surface area contributed by atoms with E-state index in [1.165, 1.54) is 12.8 Å². The fourth-order valence-electron chi connectivity index (χ4n) is 2.38. The van der Waals surface area contributed by atoms with Crippen LogP contribution in [0.25, 0.3) is 0 Å². The zero-order chi connectivity index (χ0) is 14.4. The van der Waals surface area contributed by atoms with Crippen LogP contribution in [0.5, 0.6) is 5.88 Å². The van der Waals surface area contributed by atoms with Gasteiger partial charge in [0.2, 0.25) is 5.91 Å². The van der Waals surface area contributed by atoms with Crippen molar-refractivity contribution in [3.8, 4) is 5.88 Å². The van der Waals surface area contributed by atoms with Crippen LogP contribution in [0, 0.1) is 6.92 Å². The van der Waals surface area contributed by atoms with Gasteiger partial charge in [0.25, 0.3) is 5.88 Å². The Morgan fingerprint density at radius 2 is 2.30 bits per heavy atom. The maximum Gasteiger partial charge on any atom is 0.278 e. The molecule has 0 spiro atoms. The normalized spacial score (nSPS) is 20.4. The molecule has 0 radical (unpaired) electrons. The Morgan fingerprint density at radius 1 is 1.45 bits per heavy atom. The van der Waals surface area contributed by atoms with Crippen LogP contribution in [0.2, 0.25) is 0 Å². The van der Waals surface area contributed by atoms with Crippen LogP contribution in [-0.2, 0) is 4.79 Å². The molecular formula is C13H22N4O3. The summed E-state index contributed by atoms with van der Waals surface area (Å²) in [6, 6.07) is -0.0204. The van der Waals surface area contributed by atoms with Gasteiger partial charge in [0, 0.05) is 0 Å². The maximum absolute atomic E-state index is 12.1. The number of nitrogens with one attached hydrogen (secondary N) is 1. The predicted octanol–water partition coefficient (Wildman–Crippen LogP) is 0.747. The molecule has 0 bridgehead atoms. The van der Waals surface area contributed by atoms with Gasteiger partial charge >= 0.3 is 0 Å². The summed E-state index contributed by atoms with van der Waals surface area (Å²) >= 11 is 0. The number of likely N-dealkylation sites (tertiary alicyclic amines) is 1. The molecule has 1 aliphatic rings. The molecule has 112 valence electrons. The monoisotopic (exact) mass is 282 g/mol. The summed E-state index contributed by atoms with van der Waals surface area (Å²) in [6.45, 7) is 3.55. The largest absolute Gasteiger partial charge is 0.472 e. The third-order valence-electron chi connectivity index (χ3n) is 3.57. The number of aromatic nitrogens is 2. The summed E-state index contributed by atoms with van der Waals surface area (Å²) in [7, 11) is 2.01. The Hall–Kier alpha value is -1.63. The average molecular weight is 282 g/mol. The third kappa shape index (κ3) is 3.93. The molecule has 1 aromatic heterocycles. The molecule has 1 fully saturated rings. The Labute approximate surface area is 118 Å². The van der Waals surface area contributed by atoms with E-state index in [0.717, 1.165) is 19.4 Å². The molecule has 0 unspecified atom stereocenters. The van der Waals surface area contributed by atoms with Crippen LogP contribution in [0.15, 0.2) is 4.63 Å². The lowest BCUT2D eigenvalue weighted by Crippen LogP contribution is -2.45. The van der Waals surface area contributed by atoms with Crippen molar-refractivity contribution < 1.29 is 14.2 Å². The number of amides is 1. The number of carbonyl (C=O) groups is 1.